The van der Waals surface area contributed by atoms with Crippen molar-refractivity contribution >= 4 is 5.91 Å². The Kier molecular flexibility index (Phi) is 2.70. The number of halogens is 1. The number of carbonyl (C=O) groups is 1. The number of hydrogen-bond donors (Lipinski definition) is 2. The lowest BCUT2D eigenvalue weighted by Crippen LogP contribution is -2.17. The van der Waals surface area contributed by atoms with Crippen LogP contribution in [0.25, 0.3) is 11.3 Å². The highest BCUT2D eigenvalue weighted by molar-refractivity contribution is 5.91. The third-order valence-electron chi connectivity index (χ3n) is 2.06. The van der Waals surface area contributed by atoms with Crippen LogP contribution in [0.2, 0.25) is 0 Å². The number of benzene rings is 1. The number of amides is 1. The van der Waals surface area contributed by atoms with E-state index in [2.05, 4.69) is 0 Å². The molecule has 2 rings (SSSR count). The summed E-state index contributed by atoms with van der Waals surface area (Å²) in [6.07, 6.45) is 0. The first kappa shape index (κ1) is 10.4. The zero-order valence-electron chi connectivity index (χ0n) is 8.11. The van der Waals surface area contributed by atoms with E-state index in [1.165, 1.54) is 35.8 Å². The van der Waals surface area contributed by atoms with Gasteiger partial charge in [0.2, 0.25) is 0 Å². The smallest absolute Gasteiger partial charge is 0.310 e. The van der Waals surface area contributed by atoms with Crippen LogP contribution in [-0.2, 0) is 0 Å². The molecule has 0 aliphatic rings. The van der Waals surface area contributed by atoms with Gasteiger partial charge in [0.25, 0.3) is 0 Å². The van der Waals surface area contributed by atoms with Crippen LogP contribution in [0.15, 0.2) is 40.8 Å². The van der Waals surface area contributed by atoms with Crippen LogP contribution < -0.4 is 5.48 Å². The topological polar surface area (TPSA) is 62.5 Å². The lowest BCUT2D eigenvalue weighted by atomic mass is 10.2. The van der Waals surface area contributed by atoms with Gasteiger partial charge in [-0.2, -0.15) is 0 Å². The number of nitrogens with one attached hydrogen (secondary N) is 1. The molecule has 0 atom stereocenters. The highest BCUT2D eigenvalue weighted by Crippen LogP contribution is 2.22. The van der Waals surface area contributed by atoms with Crippen molar-refractivity contribution in [1.29, 1.82) is 0 Å². The Hall–Kier alpha value is -2.14. The summed E-state index contributed by atoms with van der Waals surface area (Å²) in [5, 5.41) is 8.40. The Balaban J connectivity index is 2.31. The average Bonchev–Trinajstić information content (AvgIpc) is 2.78. The molecule has 0 bridgehead atoms. The monoisotopic (exact) mass is 221 g/mol. The normalized spacial score (nSPS) is 10.1. The van der Waals surface area contributed by atoms with E-state index in [0.717, 1.165) is 0 Å². The summed E-state index contributed by atoms with van der Waals surface area (Å²) >= 11 is 0. The second-order valence-corrected chi connectivity index (χ2v) is 3.11. The molecule has 1 aromatic heterocycles. The summed E-state index contributed by atoms with van der Waals surface area (Å²) in [4.78, 5) is 11.0. The summed E-state index contributed by atoms with van der Waals surface area (Å²) < 4.78 is 17.8. The van der Waals surface area contributed by atoms with Crippen LogP contribution in [0.4, 0.5) is 4.39 Å². The third-order valence-corrected chi connectivity index (χ3v) is 2.06. The van der Waals surface area contributed by atoms with Gasteiger partial charge in [0.05, 0.1) is 0 Å². The minimum atomic E-state index is -0.728. The van der Waals surface area contributed by atoms with E-state index < -0.39 is 5.91 Å². The van der Waals surface area contributed by atoms with Crippen LogP contribution in [0.5, 0.6) is 0 Å². The second-order valence-electron chi connectivity index (χ2n) is 3.11. The van der Waals surface area contributed by atoms with E-state index in [1.54, 1.807) is 6.07 Å². The van der Waals surface area contributed by atoms with E-state index in [0.29, 0.717) is 11.3 Å². The molecule has 1 heterocycles. The lowest BCUT2D eigenvalue weighted by molar-refractivity contribution is 0.0677. The maximum Gasteiger partial charge on any atom is 0.310 e. The first-order valence-electron chi connectivity index (χ1n) is 4.51. The van der Waals surface area contributed by atoms with Gasteiger partial charge in [-0.25, -0.2) is 9.87 Å². The Morgan fingerprint density at radius 3 is 2.50 bits per heavy atom. The van der Waals surface area contributed by atoms with Gasteiger partial charge in [0.15, 0.2) is 5.76 Å². The van der Waals surface area contributed by atoms with Gasteiger partial charge in [0, 0.05) is 5.56 Å². The number of carbonyl (C=O) groups excluding carboxylic acids is 1. The number of furan rings is 1. The van der Waals surface area contributed by atoms with Crippen molar-refractivity contribution in [3.63, 3.8) is 0 Å². The lowest BCUT2D eigenvalue weighted by Gasteiger charge is -1.96. The molecule has 0 unspecified atom stereocenters. The van der Waals surface area contributed by atoms with Crippen LogP contribution in [0.1, 0.15) is 10.6 Å². The minimum absolute atomic E-state index is 0.0122. The molecule has 0 saturated carbocycles. The van der Waals surface area contributed by atoms with Gasteiger partial charge in [-0.15, -0.1) is 0 Å². The van der Waals surface area contributed by atoms with E-state index in [4.69, 9.17) is 9.62 Å². The van der Waals surface area contributed by atoms with E-state index in [1.807, 2.05) is 0 Å². The quantitative estimate of drug-likeness (QED) is 0.603. The molecular formula is C11H8FNO3. The Morgan fingerprint density at radius 2 is 1.88 bits per heavy atom. The number of hydrogen-bond acceptors (Lipinski definition) is 3. The van der Waals surface area contributed by atoms with Crippen molar-refractivity contribution in [3.8, 4) is 11.3 Å². The minimum Gasteiger partial charge on any atom is -0.451 e. The summed E-state index contributed by atoms with van der Waals surface area (Å²) in [5.41, 5.74) is 2.11. The summed E-state index contributed by atoms with van der Waals surface area (Å²) in [6.45, 7) is 0. The van der Waals surface area contributed by atoms with Crippen molar-refractivity contribution < 1.29 is 18.8 Å². The van der Waals surface area contributed by atoms with E-state index in [-0.39, 0.29) is 11.6 Å². The van der Waals surface area contributed by atoms with Crippen molar-refractivity contribution in [2.75, 3.05) is 0 Å². The molecule has 0 spiro atoms. The molecule has 0 aliphatic heterocycles. The van der Waals surface area contributed by atoms with E-state index in [9.17, 15) is 9.18 Å². The van der Waals surface area contributed by atoms with Crippen LogP contribution >= 0.6 is 0 Å². The molecule has 0 aliphatic carbocycles. The Morgan fingerprint density at radius 1 is 1.19 bits per heavy atom. The van der Waals surface area contributed by atoms with Crippen molar-refractivity contribution in [3.05, 3.63) is 48.0 Å². The zero-order valence-corrected chi connectivity index (χ0v) is 8.11. The maximum atomic E-state index is 12.7. The molecule has 0 radical (unpaired) electrons. The van der Waals surface area contributed by atoms with Gasteiger partial charge in [-0.1, -0.05) is 0 Å². The second kappa shape index (κ2) is 4.16. The molecule has 0 saturated heterocycles. The molecule has 82 valence electrons. The van der Waals surface area contributed by atoms with Crippen molar-refractivity contribution in [2.45, 2.75) is 0 Å². The molecule has 4 nitrogen and oxygen atoms in total. The fourth-order valence-electron chi connectivity index (χ4n) is 1.28. The Bertz CT molecular complexity index is 504. The van der Waals surface area contributed by atoms with Gasteiger partial charge in [-0.3, -0.25) is 10.0 Å². The largest absolute Gasteiger partial charge is 0.451 e. The Labute approximate surface area is 90.3 Å². The highest BCUT2D eigenvalue weighted by atomic mass is 19.1. The predicted molar refractivity (Wildman–Crippen MR) is 53.4 cm³/mol. The van der Waals surface area contributed by atoms with Gasteiger partial charge < -0.3 is 4.42 Å². The number of hydroxylamine groups is 1. The molecule has 1 aromatic carbocycles. The molecular weight excluding hydrogens is 213 g/mol. The molecule has 1 amide bonds. The molecule has 2 N–H and O–H groups in total. The highest BCUT2D eigenvalue weighted by Gasteiger charge is 2.10. The molecule has 16 heavy (non-hydrogen) atoms. The van der Waals surface area contributed by atoms with E-state index >= 15 is 0 Å². The van der Waals surface area contributed by atoms with Crippen LogP contribution in [0.3, 0.4) is 0 Å². The SMILES string of the molecule is O=C(NO)c1ccc(-c2ccc(F)cc2)o1. The summed E-state index contributed by atoms with van der Waals surface area (Å²) in [7, 11) is 0. The average molecular weight is 221 g/mol. The summed E-state index contributed by atoms with van der Waals surface area (Å²) in [6, 6.07) is 8.65. The summed E-state index contributed by atoms with van der Waals surface area (Å²) in [5.74, 6) is -0.655. The van der Waals surface area contributed by atoms with Crippen molar-refractivity contribution in [1.82, 2.24) is 5.48 Å². The fourth-order valence-corrected chi connectivity index (χ4v) is 1.28. The number of rotatable bonds is 2. The standard InChI is InChI=1S/C11H8FNO3/c12-8-3-1-7(2-4-8)9-5-6-10(16-9)11(14)13-15/h1-6,15H,(H,13,14). The molecule has 0 fully saturated rings. The molecule has 2 aromatic rings. The van der Waals surface area contributed by atoms with Gasteiger partial charge >= 0.3 is 5.91 Å². The third kappa shape index (κ3) is 1.94. The van der Waals surface area contributed by atoms with Gasteiger partial charge in [-0.05, 0) is 36.4 Å². The van der Waals surface area contributed by atoms with Gasteiger partial charge in [0.1, 0.15) is 11.6 Å². The first-order chi connectivity index (χ1) is 7.70. The predicted octanol–water partition coefficient (Wildman–Crippen LogP) is 2.20. The molecule has 5 heteroatoms. The zero-order chi connectivity index (χ0) is 11.5. The first-order valence-corrected chi connectivity index (χ1v) is 4.51. The van der Waals surface area contributed by atoms with Crippen molar-refractivity contribution in [2.24, 2.45) is 0 Å². The van der Waals surface area contributed by atoms with Crippen LogP contribution in [-0.4, -0.2) is 11.1 Å². The van der Waals surface area contributed by atoms with Crippen LogP contribution in [0, 0.1) is 5.82 Å². The maximum absolute atomic E-state index is 12.7. The fraction of sp³-hybridized carbons (Fsp3) is 0.